The van der Waals surface area contributed by atoms with Gasteiger partial charge in [0.15, 0.2) is 6.10 Å². The maximum Gasteiger partial charge on any atom is 0.336 e. The van der Waals surface area contributed by atoms with Crippen LogP contribution in [0, 0.1) is 0 Å². The minimum absolute atomic E-state index is 0.0314. The van der Waals surface area contributed by atoms with Crippen LogP contribution in [0.4, 0.5) is 0 Å². The lowest BCUT2D eigenvalue weighted by molar-refractivity contribution is -0.152. The van der Waals surface area contributed by atoms with Gasteiger partial charge in [-0.05, 0) is 19.1 Å². The molecular formula is C12H16O5. The minimum Gasteiger partial charge on any atom is -0.497 e. The lowest BCUT2D eigenvalue weighted by Gasteiger charge is -2.13. The molecule has 1 N–H and O–H groups in total. The molecule has 0 aromatic heterocycles. The molecule has 0 amide bonds. The number of benzene rings is 1. The number of rotatable bonds is 7. The van der Waals surface area contributed by atoms with E-state index in [1.807, 2.05) is 0 Å². The Bertz CT molecular complexity index is 364. The second kappa shape index (κ2) is 6.75. The first-order valence-electron chi connectivity index (χ1n) is 5.28. The highest BCUT2D eigenvalue weighted by Gasteiger charge is 2.18. The average Bonchev–Trinajstić information content (AvgIpc) is 2.34. The number of carbonyl (C=O) groups is 1. The Labute approximate surface area is 99.9 Å². The second-order valence-corrected chi connectivity index (χ2v) is 3.27. The summed E-state index contributed by atoms with van der Waals surface area (Å²) in [5, 5.41) is 8.85. The van der Waals surface area contributed by atoms with Crippen molar-refractivity contribution in [2.75, 3.05) is 20.3 Å². The number of aliphatic carboxylic acids is 1. The smallest absolute Gasteiger partial charge is 0.336 e. The zero-order valence-electron chi connectivity index (χ0n) is 9.88. The fraction of sp³-hybridized carbons (Fsp3) is 0.417. The Morgan fingerprint density at radius 3 is 2.71 bits per heavy atom. The molecule has 5 heteroatoms. The van der Waals surface area contributed by atoms with Gasteiger partial charge >= 0.3 is 5.97 Å². The number of carboxylic acids is 1. The standard InChI is InChI=1S/C12H16O5/c1-3-16-11(12(13)14)8-17-10-6-4-5-9(7-10)15-2/h4-7,11H,3,8H2,1-2H3,(H,13,14). The van der Waals surface area contributed by atoms with Crippen molar-refractivity contribution in [3.8, 4) is 11.5 Å². The topological polar surface area (TPSA) is 65.0 Å². The lowest BCUT2D eigenvalue weighted by Crippen LogP contribution is -2.30. The molecule has 1 aromatic carbocycles. The van der Waals surface area contributed by atoms with E-state index in [1.54, 1.807) is 38.3 Å². The summed E-state index contributed by atoms with van der Waals surface area (Å²) in [6.45, 7) is 2.04. The highest BCUT2D eigenvalue weighted by atomic mass is 16.5. The van der Waals surface area contributed by atoms with E-state index in [-0.39, 0.29) is 6.61 Å². The number of ether oxygens (including phenoxy) is 3. The number of hydrogen-bond donors (Lipinski definition) is 1. The highest BCUT2D eigenvalue weighted by Crippen LogP contribution is 2.19. The molecule has 1 rings (SSSR count). The van der Waals surface area contributed by atoms with E-state index in [1.165, 1.54) is 0 Å². The summed E-state index contributed by atoms with van der Waals surface area (Å²) in [7, 11) is 1.55. The summed E-state index contributed by atoms with van der Waals surface area (Å²) in [4.78, 5) is 10.8. The third kappa shape index (κ3) is 4.32. The van der Waals surface area contributed by atoms with Crippen LogP contribution in [0.2, 0.25) is 0 Å². The Balaban J connectivity index is 2.55. The molecule has 0 fully saturated rings. The third-order valence-electron chi connectivity index (χ3n) is 2.09. The number of carboxylic acid groups (broad SMARTS) is 1. The molecule has 0 radical (unpaired) electrons. The Morgan fingerprint density at radius 1 is 1.41 bits per heavy atom. The van der Waals surface area contributed by atoms with Gasteiger partial charge in [0.1, 0.15) is 18.1 Å². The first-order chi connectivity index (χ1) is 8.17. The van der Waals surface area contributed by atoms with Crippen molar-refractivity contribution in [1.82, 2.24) is 0 Å². The number of hydrogen-bond acceptors (Lipinski definition) is 4. The molecular weight excluding hydrogens is 224 g/mol. The zero-order chi connectivity index (χ0) is 12.7. The summed E-state index contributed by atoms with van der Waals surface area (Å²) in [6.07, 6.45) is -0.953. The Morgan fingerprint density at radius 2 is 2.12 bits per heavy atom. The Kier molecular flexibility index (Phi) is 5.29. The summed E-state index contributed by atoms with van der Waals surface area (Å²) in [5.41, 5.74) is 0. The fourth-order valence-corrected chi connectivity index (χ4v) is 1.25. The van der Waals surface area contributed by atoms with E-state index >= 15 is 0 Å². The summed E-state index contributed by atoms with van der Waals surface area (Å²) >= 11 is 0. The van der Waals surface area contributed by atoms with Gasteiger partial charge in [-0.25, -0.2) is 4.79 Å². The molecule has 1 unspecified atom stereocenters. The minimum atomic E-state index is -1.03. The van der Waals surface area contributed by atoms with E-state index in [0.717, 1.165) is 0 Å². The molecule has 1 atom stereocenters. The molecule has 0 saturated carbocycles. The van der Waals surface area contributed by atoms with Crippen LogP contribution >= 0.6 is 0 Å². The van der Waals surface area contributed by atoms with E-state index in [9.17, 15) is 4.79 Å². The van der Waals surface area contributed by atoms with E-state index in [4.69, 9.17) is 19.3 Å². The van der Waals surface area contributed by atoms with Crippen molar-refractivity contribution in [2.24, 2.45) is 0 Å². The Hall–Kier alpha value is -1.75. The van der Waals surface area contributed by atoms with Crippen molar-refractivity contribution < 1.29 is 24.1 Å². The van der Waals surface area contributed by atoms with Crippen LogP contribution in [0.15, 0.2) is 24.3 Å². The van der Waals surface area contributed by atoms with Crippen LogP contribution < -0.4 is 9.47 Å². The molecule has 17 heavy (non-hydrogen) atoms. The van der Waals surface area contributed by atoms with Crippen LogP contribution in [0.3, 0.4) is 0 Å². The van der Waals surface area contributed by atoms with Gasteiger partial charge < -0.3 is 19.3 Å². The molecule has 0 spiro atoms. The molecule has 0 heterocycles. The van der Waals surface area contributed by atoms with Crippen LogP contribution in [0.25, 0.3) is 0 Å². The molecule has 5 nitrogen and oxygen atoms in total. The van der Waals surface area contributed by atoms with Gasteiger partial charge in [0, 0.05) is 12.7 Å². The maximum absolute atomic E-state index is 10.8. The van der Waals surface area contributed by atoms with Gasteiger partial charge in [0.25, 0.3) is 0 Å². The highest BCUT2D eigenvalue weighted by molar-refractivity contribution is 5.72. The van der Waals surface area contributed by atoms with Crippen molar-refractivity contribution in [2.45, 2.75) is 13.0 Å². The second-order valence-electron chi connectivity index (χ2n) is 3.27. The fourth-order valence-electron chi connectivity index (χ4n) is 1.25. The third-order valence-corrected chi connectivity index (χ3v) is 2.09. The predicted octanol–water partition coefficient (Wildman–Crippen LogP) is 1.56. The van der Waals surface area contributed by atoms with Gasteiger partial charge in [-0.1, -0.05) is 6.07 Å². The van der Waals surface area contributed by atoms with Crippen LogP contribution in [-0.2, 0) is 9.53 Å². The quantitative estimate of drug-likeness (QED) is 0.783. The summed E-state index contributed by atoms with van der Waals surface area (Å²) in [5.74, 6) is 0.177. The first kappa shape index (κ1) is 13.3. The van der Waals surface area contributed by atoms with Gasteiger partial charge in [-0.2, -0.15) is 0 Å². The SMILES string of the molecule is CCOC(COc1cccc(OC)c1)C(=O)O. The van der Waals surface area contributed by atoms with Crippen LogP contribution in [0.1, 0.15) is 6.92 Å². The van der Waals surface area contributed by atoms with E-state index < -0.39 is 12.1 Å². The zero-order valence-corrected chi connectivity index (χ0v) is 9.88. The van der Waals surface area contributed by atoms with Crippen molar-refractivity contribution >= 4 is 5.97 Å². The summed E-state index contributed by atoms with van der Waals surface area (Å²) in [6, 6.07) is 6.97. The first-order valence-corrected chi connectivity index (χ1v) is 5.28. The normalized spacial score (nSPS) is 11.9. The molecule has 0 aliphatic rings. The molecule has 0 saturated heterocycles. The summed E-state index contributed by atoms with van der Waals surface area (Å²) < 4.78 is 15.4. The monoisotopic (exact) mass is 240 g/mol. The molecule has 0 bridgehead atoms. The largest absolute Gasteiger partial charge is 0.497 e. The van der Waals surface area contributed by atoms with Crippen LogP contribution in [0.5, 0.6) is 11.5 Å². The van der Waals surface area contributed by atoms with Crippen molar-refractivity contribution in [1.29, 1.82) is 0 Å². The van der Waals surface area contributed by atoms with Crippen molar-refractivity contribution in [3.05, 3.63) is 24.3 Å². The van der Waals surface area contributed by atoms with Gasteiger partial charge in [-0.3, -0.25) is 0 Å². The van der Waals surface area contributed by atoms with Gasteiger partial charge in [-0.15, -0.1) is 0 Å². The average molecular weight is 240 g/mol. The lowest BCUT2D eigenvalue weighted by atomic mass is 10.3. The van der Waals surface area contributed by atoms with Gasteiger partial charge in [0.05, 0.1) is 7.11 Å². The molecule has 0 aliphatic heterocycles. The van der Waals surface area contributed by atoms with E-state index in [0.29, 0.717) is 18.1 Å². The van der Waals surface area contributed by atoms with Crippen LogP contribution in [-0.4, -0.2) is 37.5 Å². The molecule has 0 aliphatic carbocycles. The van der Waals surface area contributed by atoms with Crippen molar-refractivity contribution in [3.63, 3.8) is 0 Å². The predicted molar refractivity (Wildman–Crippen MR) is 61.5 cm³/mol. The maximum atomic E-state index is 10.8. The molecule has 1 aromatic rings. The van der Waals surface area contributed by atoms with E-state index in [2.05, 4.69) is 0 Å². The van der Waals surface area contributed by atoms with Gasteiger partial charge in [0.2, 0.25) is 0 Å². The molecule has 94 valence electrons. The number of methoxy groups -OCH3 is 1.